The lowest BCUT2D eigenvalue weighted by molar-refractivity contribution is 0.0508. The highest BCUT2D eigenvalue weighted by atomic mass is 79.9. The second-order valence-corrected chi connectivity index (χ2v) is 7.48. The summed E-state index contributed by atoms with van der Waals surface area (Å²) < 4.78 is 4.26. The number of halogens is 3. The highest BCUT2D eigenvalue weighted by Crippen LogP contribution is 2.21. The Kier molecular flexibility index (Phi) is 6.07. The number of nitrogens with two attached hydrogens (primary N) is 1. The minimum atomic E-state index is -0.749. The third-order valence-corrected chi connectivity index (χ3v) is 5.55. The average Bonchev–Trinajstić information content (AvgIpc) is 3.21. The van der Waals surface area contributed by atoms with Crippen molar-refractivity contribution in [3.05, 3.63) is 67.6 Å². The van der Waals surface area contributed by atoms with E-state index in [0.717, 1.165) is 15.9 Å². The van der Waals surface area contributed by atoms with Gasteiger partial charge in [0.15, 0.2) is 11.5 Å². The molecule has 0 aliphatic heterocycles. The number of aromatic nitrogens is 4. The molecule has 0 amide bonds. The second kappa shape index (κ2) is 8.34. The minimum absolute atomic E-state index is 0.0538. The van der Waals surface area contributed by atoms with Gasteiger partial charge < -0.3 is 10.6 Å². The van der Waals surface area contributed by atoms with E-state index in [1.54, 1.807) is 27.7 Å². The van der Waals surface area contributed by atoms with E-state index in [4.69, 9.17) is 33.8 Å². The Bertz CT molecular complexity index is 1080. The van der Waals surface area contributed by atoms with Crippen LogP contribution in [0.3, 0.4) is 0 Å². The number of carbonyl (C=O) groups is 1. The van der Waals surface area contributed by atoms with Crippen molar-refractivity contribution in [2.45, 2.75) is 20.5 Å². The lowest BCUT2D eigenvalue weighted by Gasteiger charge is -2.04. The first kappa shape index (κ1) is 20.4. The average molecular weight is 486 g/mol. The van der Waals surface area contributed by atoms with Crippen LogP contribution in [-0.4, -0.2) is 31.4 Å². The van der Waals surface area contributed by atoms with Crippen LogP contribution in [0.1, 0.15) is 27.4 Å². The number of carbonyl (C=O) groups excluding carboxylic acids is 1. The van der Waals surface area contributed by atoms with Crippen molar-refractivity contribution in [1.82, 2.24) is 19.6 Å². The molecule has 11 heteroatoms. The van der Waals surface area contributed by atoms with E-state index in [0.29, 0.717) is 22.3 Å². The zero-order valence-corrected chi connectivity index (χ0v) is 18.0. The van der Waals surface area contributed by atoms with Crippen LogP contribution >= 0.6 is 39.1 Å². The number of benzene rings is 1. The maximum atomic E-state index is 12.2. The number of amidine groups is 1. The Morgan fingerprint density at radius 1 is 1.29 bits per heavy atom. The summed E-state index contributed by atoms with van der Waals surface area (Å²) in [6, 6.07) is 6.22. The van der Waals surface area contributed by atoms with E-state index in [2.05, 4.69) is 31.3 Å². The summed E-state index contributed by atoms with van der Waals surface area (Å²) in [5.74, 6) is -0.803. The van der Waals surface area contributed by atoms with Crippen LogP contribution in [0.15, 0.2) is 40.1 Å². The molecule has 1 aromatic carbocycles. The second-order valence-electron chi connectivity index (χ2n) is 5.85. The van der Waals surface area contributed by atoms with Gasteiger partial charge in [-0.3, -0.25) is 4.68 Å². The molecule has 0 fully saturated rings. The first-order chi connectivity index (χ1) is 13.3. The van der Waals surface area contributed by atoms with Gasteiger partial charge in [0.1, 0.15) is 6.67 Å². The summed E-state index contributed by atoms with van der Waals surface area (Å²) in [6.07, 6.45) is 1.64. The fourth-order valence-corrected chi connectivity index (χ4v) is 3.17. The Morgan fingerprint density at radius 3 is 2.68 bits per heavy atom. The third-order valence-electron chi connectivity index (χ3n) is 3.86. The predicted molar refractivity (Wildman–Crippen MR) is 110 cm³/mol. The minimum Gasteiger partial charge on any atom is -0.380 e. The molecular formula is C17H15BrCl2N6O2. The van der Waals surface area contributed by atoms with Crippen LogP contribution in [0.5, 0.6) is 0 Å². The molecule has 8 nitrogen and oxygen atoms in total. The number of hydrogen-bond donors (Lipinski definition) is 1. The van der Waals surface area contributed by atoms with Gasteiger partial charge in [0.05, 0.1) is 20.9 Å². The van der Waals surface area contributed by atoms with E-state index in [1.807, 2.05) is 13.8 Å². The fourth-order valence-electron chi connectivity index (χ4n) is 2.38. The van der Waals surface area contributed by atoms with Crippen molar-refractivity contribution in [3.8, 4) is 0 Å². The van der Waals surface area contributed by atoms with E-state index in [1.165, 1.54) is 12.1 Å². The van der Waals surface area contributed by atoms with Crippen LogP contribution in [0.4, 0.5) is 0 Å². The van der Waals surface area contributed by atoms with Gasteiger partial charge in [-0.2, -0.15) is 10.2 Å². The highest BCUT2D eigenvalue weighted by molar-refractivity contribution is 9.10. The molecule has 3 aromatic rings. The van der Waals surface area contributed by atoms with Gasteiger partial charge in [-0.15, -0.1) is 0 Å². The fraction of sp³-hybridized carbons (Fsp3) is 0.176. The molecule has 28 heavy (non-hydrogen) atoms. The lowest BCUT2D eigenvalue weighted by atomic mass is 10.2. The van der Waals surface area contributed by atoms with Gasteiger partial charge in [-0.1, -0.05) is 28.4 Å². The summed E-state index contributed by atoms with van der Waals surface area (Å²) >= 11 is 15.4. The lowest BCUT2D eigenvalue weighted by Crippen LogP contribution is -2.16. The molecule has 0 bridgehead atoms. The molecule has 0 aliphatic rings. The van der Waals surface area contributed by atoms with Gasteiger partial charge in [-0.05, 0) is 54.0 Å². The molecule has 2 heterocycles. The van der Waals surface area contributed by atoms with Crippen LogP contribution in [0, 0.1) is 13.8 Å². The van der Waals surface area contributed by atoms with Crippen molar-refractivity contribution in [3.63, 3.8) is 0 Å². The van der Waals surface area contributed by atoms with Crippen molar-refractivity contribution in [1.29, 1.82) is 0 Å². The molecule has 2 aromatic heterocycles. The Labute approximate surface area is 179 Å². The normalized spacial score (nSPS) is 11.7. The van der Waals surface area contributed by atoms with Crippen LogP contribution in [0.2, 0.25) is 10.0 Å². The monoisotopic (exact) mass is 484 g/mol. The zero-order valence-electron chi connectivity index (χ0n) is 14.9. The molecule has 0 aliphatic carbocycles. The van der Waals surface area contributed by atoms with E-state index >= 15 is 0 Å². The van der Waals surface area contributed by atoms with Crippen molar-refractivity contribution >= 4 is 50.9 Å². The van der Waals surface area contributed by atoms with Crippen LogP contribution in [0.25, 0.3) is 0 Å². The summed E-state index contributed by atoms with van der Waals surface area (Å²) in [5, 5.41) is 13.0. The summed E-state index contributed by atoms with van der Waals surface area (Å²) in [4.78, 5) is 17.0. The number of rotatable bonds is 5. The third kappa shape index (κ3) is 4.37. The molecule has 0 radical (unpaired) electrons. The topological polar surface area (TPSA) is 100 Å². The van der Waals surface area contributed by atoms with Gasteiger partial charge in [0.25, 0.3) is 0 Å². The Morgan fingerprint density at radius 2 is 2.04 bits per heavy atom. The maximum absolute atomic E-state index is 12.2. The van der Waals surface area contributed by atoms with Crippen LogP contribution in [-0.2, 0) is 11.5 Å². The van der Waals surface area contributed by atoms with Crippen molar-refractivity contribution in [2.24, 2.45) is 10.9 Å². The molecule has 0 spiro atoms. The standard InChI is InChI=1S/C17H15BrCl2N6O2/c1-9-15(18)10(2)26(22-9)8-25-6-5-14(23-25)17(27)28-24-16(21)12-4-3-11(19)7-13(12)20/h3-7H,8H2,1-2H3,(H2,21,24). The number of oxime groups is 1. The molecule has 146 valence electrons. The number of aryl methyl sites for hydroxylation is 1. The van der Waals surface area contributed by atoms with Gasteiger partial charge in [0.2, 0.25) is 0 Å². The van der Waals surface area contributed by atoms with Crippen molar-refractivity contribution < 1.29 is 9.63 Å². The molecule has 0 saturated heterocycles. The number of nitrogens with zero attached hydrogens (tertiary/aromatic N) is 5. The Hall–Kier alpha value is -2.36. The smallest absolute Gasteiger partial charge is 0.380 e. The molecule has 0 saturated carbocycles. The van der Waals surface area contributed by atoms with Gasteiger partial charge >= 0.3 is 5.97 Å². The summed E-state index contributed by atoms with van der Waals surface area (Å²) in [7, 11) is 0. The molecular weight excluding hydrogens is 471 g/mol. The first-order valence-electron chi connectivity index (χ1n) is 7.99. The first-order valence-corrected chi connectivity index (χ1v) is 9.54. The molecule has 2 N–H and O–H groups in total. The summed E-state index contributed by atoms with van der Waals surface area (Å²) in [5.41, 5.74) is 8.12. The SMILES string of the molecule is Cc1nn(Cn2ccc(C(=O)O/N=C(\N)c3ccc(Cl)cc3Cl)n2)c(C)c1Br. The number of hydrogen-bond acceptors (Lipinski definition) is 5. The molecule has 0 unspecified atom stereocenters. The quantitative estimate of drug-likeness (QED) is 0.256. The highest BCUT2D eigenvalue weighted by Gasteiger charge is 2.14. The molecule has 3 rings (SSSR count). The summed E-state index contributed by atoms with van der Waals surface area (Å²) in [6.45, 7) is 4.17. The van der Waals surface area contributed by atoms with E-state index < -0.39 is 5.97 Å². The van der Waals surface area contributed by atoms with Gasteiger partial charge in [0, 0.05) is 16.8 Å². The van der Waals surface area contributed by atoms with Gasteiger partial charge in [-0.25, -0.2) is 9.48 Å². The Balaban J connectivity index is 1.69. The predicted octanol–water partition coefficient (Wildman–Crippen LogP) is 3.75. The van der Waals surface area contributed by atoms with Crippen molar-refractivity contribution in [2.75, 3.05) is 0 Å². The maximum Gasteiger partial charge on any atom is 0.385 e. The van der Waals surface area contributed by atoms with Crippen LogP contribution < -0.4 is 5.73 Å². The van der Waals surface area contributed by atoms with E-state index in [9.17, 15) is 4.79 Å². The van der Waals surface area contributed by atoms with E-state index in [-0.39, 0.29) is 11.5 Å². The zero-order chi connectivity index (χ0) is 20.4. The largest absolute Gasteiger partial charge is 0.385 e. The molecule has 0 atom stereocenters.